The third kappa shape index (κ3) is 2.82. The summed E-state index contributed by atoms with van der Waals surface area (Å²) in [6.07, 6.45) is 5.21. The molecule has 0 saturated carbocycles. The lowest BCUT2D eigenvalue weighted by atomic mass is 9.89. The highest BCUT2D eigenvalue weighted by Gasteiger charge is 2.23. The largest absolute Gasteiger partial charge is 0.493 e. The zero-order valence-electron chi connectivity index (χ0n) is 15.3. The molecule has 1 aromatic carbocycles. The summed E-state index contributed by atoms with van der Waals surface area (Å²) >= 11 is 1.80. The minimum Gasteiger partial charge on any atom is -0.493 e. The van der Waals surface area contributed by atoms with Crippen molar-refractivity contribution in [3.8, 4) is 11.5 Å². The van der Waals surface area contributed by atoms with Crippen LogP contribution in [-0.4, -0.2) is 26.7 Å². The van der Waals surface area contributed by atoms with Gasteiger partial charge in [0.05, 0.1) is 12.5 Å². The SMILES string of the molecule is COc1ccccc1OCc1nc2c3c4c(sc3ncn2n1)C[C@@H](C)CC4. The van der Waals surface area contributed by atoms with Crippen LogP contribution in [0.4, 0.5) is 0 Å². The van der Waals surface area contributed by atoms with Crippen molar-refractivity contribution >= 4 is 27.2 Å². The first-order chi connectivity index (χ1) is 13.2. The Kier molecular flexibility index (Phi) is 3.97. The van der Waals surface area contributed by atoms with Gasteiger partial charge < -0.3 is 9.47 Å². The average molecular weight is 380 g/mol. The van der Waals surface area contributed by atoms with Crippen molar-refractivity contribution < 1.29 is 9.47 Å². The minimum atomic E-state index is 0.285. The maximum atomic E-state index is 5.88. The maximum absolute atomic E-state index is 5.88. The summed E-state index contributed by atoms with van der Waals surface area (Å²) in [5.41, 5.74) is 2.29. The molecule has 6 nitrogen and oxygen atoms in total. The topological polar surface area (TPSA) is 61.5 Å². The molecule has 0 unspecified atom stereocenters. The van der Waals surface area contributed by atoms with Gasteiger partial charge in [-0.3, -0.25) is 0 Å². The molecule has 7 heteroatoms. The van der Waals surface area contributed by atoms with Gasteiger partial charge in [0.2, 0.25) is 0 Å². The van der Waals surface area contributed by atoms with Gasteiger partial charge in [0.15, 0.2) is 23.0 Å². The van der Waals surface area contributed by atoms with Crippen molar-refractivity contribution in [1.82, 2.24) is 19.6 Å². The van der Waals surface area contributed by atoms with E-state index in [0.29, 0.717) is 17.3 Å². The molecule has 1 atom stereocenters. The van der Waals surface area contributed by atoms with Gasteiger partial charge >= 0.3 is 0 Å². The molecule has 27 heavy (non-hydrogen) atoms. The van der Waals surface area contributed by atoms with Crippen LogP contribution < -0.4 is 9.47 Å². The summed E-state index contributed by atoms with van der Waals surface area (Å²) < 4.78 is 13.0. The van der Waals surface area contributed by atoms with E-state index < -0.39 is 0 Å². The number of thiophene rings is 1. The van der Waals surface area contributed by atoms with Crippen LogP contribution in [0.2, 0.25) is 0 Å². The van der Waals surface area contributed by atoms with Gasteiger partial charge in [0, 0.05) is 4.88 Å². The number of para-hydroxylation sites is 2. The summed E-state index contributed by atoms with van der Waals surface area (Å²) in [6.45, 7) is 2.60. The number of ether oxygens (including phenoxy) is 2. The van der Waals surface area contributed by atoms with Crippen molar-refractivity contribution in [3.63, 3.8) is 0 Å². The number of fused-ring (bicyclic) bond motifs is 5. The fourth-order valence-corrected chi connectivity index (χ4v) is 5.07. The van der Waals surface area contributed by atoms with Crippen LogP contribution in [0.25, 0.3) is 15.9 Å². The van der Waals surface area contributed by atoms with Gasteiger partial charge in [-0.15, -0.1) is 16.4 Å². The lowest BCUT2D eigenvalue weighted by Crippen LogP contribution is -2.08. The zero-order chi connectivity index (χ0) is 18.4. The Morgan fingerprint density at radius 1 is 1.26 bits per heavy atom. The lowest BCUT2D eigenvalue weighted by Gasteiger charge is -2.17. The first-order valence-electron chi connectivity index (χ1n) is 9.13. The predicted molar refractivity (Wildman–Crippen MR) is 105 cm³/mol. The van der Waals surface area contributed by atoms with Crippen molar-refractivity contribution in [3.05, 3.63) is 46.9 Å². The Balaban J connectivity index is 1.51. The van der Waals surface area contributed by atoms with Crippen molar-refractivity contribution in [1.29, 1.82) is 0 Å². The maximum Gasteiger partial charge on any atom is 0.189 e. The number of aromatic nitrogens is 4. The van der Waals surface area contributed by atoms with Crippen LogP contribution >= 0.6 is 11.3 Å². The van der Waals surface area contributed by atoms with Crippen molar-refractivity contribution in [2.75, 3.05) is 7.11 Å². The molecule has 5 rings (SSSR count). The van der Waals surface area contributed by atoms with E-state index in [4.69, 9.17) is 14.5 Å². The normalized spacial score (nSPS) is 16.6. The zero-order valence-corrected chi connectivity index (χ0v) is 16.1. The molecular weight excluding hydrogens is 360 g/mol. The summed E-state index contributed by atoms with van der Waals surface area (Å²) in [7, 11) is 1.63. The fraction of sp³-hybridized carbons (Fsp3) is 0.350. The van der Waals surface area contributed by atoms with E-state index in [2.05, 4.69) is 17.0 Å². The van der Waals surface area contributed by atoms with Crippen molar-refractivity contribution in [2.24, 2.45) is 5.92 Å². The second kappa shape index (κ2) is 6.49. The van der Waals surface area contributed by atoms with E-state index in [1.54, 1.807) is 29.3 Å². The summed E-state index contributed by atoms with van der Waals surface area (Å²) in [5.74, 6) is 2.76. The number of rotatable bonds is 4. The van der Waals surface area contributed by atoms with Crippen LogP contribution in [0.15, 0.2) is 30.6 Å². The first-order valence-corrected chi connectivity index (χ1v) is 9.95. The minimum absolute atomic E-state index is 0.285. The first kappa shape index (κ1) is 16.5. The average Bonchev–Trinajstić information content (AvgIpc) is 3.26. The van der Waals surface area contributed by atoms with E-state index in [9.17, 15) is 0 Å². The number of hydrogen-bond acceptors (Lipinski definition) is 6. The van der Waals surface area contributed by atoms with Crippen LogP contribution in [0.3, 0.4) is 0 Å². The third-order valence-corrected chi connectivity index (χ3v) is 6.26. The van der Waals surface area contributed by atoms with E-state index in [-0.39, 0.29) is 6.61 Å². The number of aryl methyl sites for hydroxylation is 1. The van der Waals surface area contributed by atoms with E-state index in [1.165, 1.54) is 22.2 Å². The molecule has 1 aliphatic rings. The quantitative estimate of drug-likeness (QED) is 0.534. The second-order valence-corrected chi connectivity index (χ2v) is 8.10. The summed E-state index contributed by atoms with van der Waals surface area (Å²) in [4.78, 5) is 11.9. The Morgan fingerprint density at radius 3 is 2.96 bits per heavy atom. The third-order valence-electron chi connectivity index (χ3n) is 5.10. The molecule has 0 bridgehead atoms. The molecule has 0 N–H and O–H groups in total. The van der Waals surface area contributed by atoms with Gasteiger partial charge in [-0.2, -0.15) is 0 Å². The van der Waals surface area contributed by atoms with Crippen molar-refractivity contribution in [2.45, 2.75) is 32.8 Å². The van der Waals surface area contributed by atoms with E-state index in [0.717, 1.165) is 29.2 Å². The molecule has 0 amide bonds. The molecule has 0 radical (unpaired) electrons. The highest BCUT2D eigenvalue weighted by Crippen LogP contribution is 2.38. The van der Waals surface area contributed by atoms with Gasteiger partial charge in [-0.25, -0.2) is 14.5 Å². The Morgan fingerprint density at radius 2 is 2.11 bits per heavy atom. The number of nitrogens with zero attached hydrogens (tertiary/aromatic N) is 4. The van der Waals surface area contributed by atoms with Crippen LogP contribution in [0.5, 0.6) is 11.5 Å². The van der Waals surface area contributed by atoms with Crippen LogP contribution in [-0.2, 0) is 19.4 Å². The van der Waals surface area contributed by atoms with Gasteiger partial charge in [-0.05, 0) is 42.9 Å². The molecule has 0 spiro atoms. The predicted octanol–water partition coefficient (Wildman–Crippen LogP) is 4.05. The molecule has 4 aromatic rings. The molecule has 1 aliphatic carbocycles. The molecule has 0 saturated heterocycles. The van der Waals surface area contributed by atoms with Crippen LogP contribution in [0.1, 0.15) is 29.6 Å². The number of benzene rings is 1. The highest BCUT2D eigenvalue weighted by molar-refractivity contribution is 7.19. The second-order valence-electron chi connectivity index (χ2n) is 7.01. The standard InChI is InChI=1S/C20H20N4O2S/c1-12-7-8-13-16(9-12)27-20-18(13)19-22-17(23-24(19)11-21-20)10-26-15-6-4-3-5-14(15)25-2/h3-6,11-12H,7-10H2,1-2H3/t12-/m0/s1. The molecule has 138 valence electrons. The molecule has 0 aliphatic heterocycles. The summed E-state index contributed by atoms with van der Waals surface area (Å²) in [6, 6.07) is 7.59. The Hall–Kier alpha value is -2.67. The molecule has 3 aromatic heterocycles. The Labute approximate surface area is 160 Å². The van der Waals surface area contributed by atoms with Gasteiger partial charge in [-0.1, -0.05) is 19.1 Å². The monoisotopic (exact) mass is 380 g/mol. The Bertz CT molecular complexity index is 1130. The lowest BCUT2D eigenvalue weighted by molar-refractivity contribution is 0.276. The molecular formula is C20H20N4O2S. The number of hydrogen-bond donors (Lipinski definition) is 0. The van der Waals surface area contributed by atoms with E-state index >= 15 is 0 Å². The van der Waals surface area contributed by atoms with E-state index in [1.807, 2.05) is 24.3 Å². The fourth-order valence-electron chi connectivity index (χ4n) is 3.73. The molecule has 0 fully saturated rings. The summed E-state index contributed by atoms with van der Waals surface area (Å²) in [5, 5.41) is 5.73. The van der Waals surface area contributed by atoms with Gasteiger partial charge in [0.1, 0.15) is 17.8 Å². The van der Waals surface area contributed by atoms with Crippen LogP contribution in [0, 0.1) is 5.92 Å². The number of methoxy groups -OCH3 is 1. The molecule has 3 heterocycles. The highest BCUT2D eigenvalue weighted by atomic mass is 32.1. The van der Waals surface area contributed by atoms with Gasteiger partial charge in [0.25, 0.3) is 0 Å². The smallest absolute Gasteiger partial charge is 0.189 e.